The molecule has 0 spiro atoms. The van der Waals surface area contributed by atoms with Crippen molar-refractivity contribution < 1.29 is 13.6 Å². The predicted octanol–water partition coefficient (Wildman–Crippen LogP) is 4.48. The number of carbonyl (C=O) groups is 1. The Hall–Kier alpha value is -1.21. The molecule has 0 aliphatic rings. The van der Waals surface area contributed by atoms with Crippen molar-refractivity contribution in [3.63, 3.8) is 0 Å². The van der Waals surface area contributed by atoms with E-state index in [0.717, 1.165) is 18.2 Å². The number of rotatable bonds is 2. The van der Waals surface area contributed by atoms with Gasteiger partial charge in [0.2, 0.25) is 0 Å². The summed E-state index contributed by atoms with van der Waals surface area (Å²) in [6.45, 7) is 0. The number of hydrogen-bond donors (Lipinski definition) is 1. The molecule has 0 fully saturated rings. The normalized spacial score (nSPS) is 10.3. The molecule has 2 aromatic rings. The zero-order valence-electron chi connectivity index (χ0n) is 9.38. The maximum atomic E-state index is 13.4. The Bertz CT molecular complexity index is 649. The van der Waals surface area contributed by atoms with Crippen LogP contribution in [-0.2, 0) is 0 Å². The van der Waals surface area contributed by atoms with Crippen LogP contribution in [0.4, 0.5) is 14.5 Å². The van der Waals surface area contributed by atoms with E-state index in [2.05, 4.69) is 5.32 Å². The molecule has 2 nitrogen and oxygen atoms in total. The Morgan fingerprint density at radius 3 is 2.58 bits per heavy atom. The molecule has 0 aromatic heterocycles. The van der Waals surface area contributed by atoms with Crippen LogP contribution in [0.5, 0.6) is 0 Å². The summed E-state index contributed by atoms with van der Waals surface area (Å²) in [5, 5.41) is 2.84. The third-order valence-electron chi connectivity index (χ3n) is 2.36. The van der Waals surface area contributed by atoms with Crippen LogP contribution in [0.1, 0.15) is 10.4 Å². The molecule has 0 bridgehead atoms. The summed E-state index contributed by atoms with van der Waals surface area (Å²) >= 11 is 7.82. The summed E-state index contributed by atoms with van der Waals surface area (Å²) in [4.78, 5) is 11.9. The maximum absolute atomic E-state index is 13.4. The minimum atomic E-state index is -0.696. The van der Waals surface area contributed by atoms with E-state index in [9.17, 15) is 13.6 Å². The van der Waals surface area contributed by atoms with Gasteiger partial charge in [0, 0.05) is 15.2 Å². The first-order valence-electron chi connectivity index (χ1n) is 5.19. The lowest BCUT2D eigenvalue weighted by Crippen LogP contribution is -2.13. The molecule has 0 saturated carbocycles. The van der Waals surface area contributed by atoms with Crippen LogP contribution in [0.15, 0.2) is 36.4 Å². The van der Waals surface area contributed by atoms with Gasteiger partial charge < -0.3 is 5.32 Å². The van der Waals surface area contributed by atoms with E-state index in [1.54, 1.807) is 12.1 Å². The van der Waals surface area contributed by atoms with E-state index in [0.29, 0.717) is 14.2 Å². The van der Waals surface area contributed by atoms with Gasteiger partial charge in [-0.05, 0) is 52.9 Å². The summed E-state index contributed by atoms with van der Waals surface area (Å²) in [6, 6.07) is 7.51. The summed E-state index contributed by atoms with van der Waals surface area (Å²) in [5.74, 6) is -1.85. The molecule has 0 unspecified atom stereocenters. The molecule has 2 aromatic carbocycles. The van der Waals surface area contributed by atoms with E-state index < -0.39 is 17.5 Å². The maximum Gasteiger partial charge on any atom is 0.255 e. The van der Waals surface area contributed by atoms with Crippen LogP contribution in [0.2, 0.25) is 5.02 Å². The minimum absolute atomic E-state index is 0.199. The predicted molar refractivity (Wildman–Crippen MR) is 78.5 cm³/mol. The number of benzene rings is 2. The molecule has 6 heteroatoms. The topological polar surface area (TPSA) is 29.1 Å². The minimum Gasteiger partial charge on any atom is -0.319 e. The van der Waals surface area contributed by atoms with Gasteiger partial charge in [0.1, 0.15) is 11.6 Å². The summed E-state index contributed by atoms with van der Waals surface area (Å²) in [6.07, 6.45) is 0. The van der Waals surface area contributed by atoms with E-state index in [1.807, 2.05) is 22.6 Å². The Labute approximate surface area is 126 Å². The standard InChI is InChI=1S/C13H7ClF2INO/c14-9-3-1-7(5-11(9)17)13(19)18-12-6-8(15)2-4-10(12)16/h1-6H,(H,18,19). The highest BCUT2D eigenvalue weighted by molar-refractivity contribution is 14.1. The molecule has 0 atom stereocenters. The van der Waals surface area contributed by atoms with Crippen LogP contribution in [0.25, 0.3) is 0 Å². The lowest BCUT2D eigenvalue weighted by atomic mass is 10.2. The molecule has 0 aliphatic heterocycles. The van der Waals surface area contributed by atoms with Gasteiger partial charge in [-0.25, -0.2) is 8.78 Å². The molecular weight excluding hydrogens is 387 g/mol. The number of halogens is 4. The van der Waals surface area contributed by atoms with Crippen LogP contribution in [0, 0.1) is 15.2 Å². The number of amides is 1. The van der Waals surface area contributed by atoms with Crippen molar-refractivity contribution in [1.82, 2.24) is 0 Å². The molecule has 0 aliphatic carbocycles. The Kier molecular flexibility index (Phi) is 4.36. The largest absolute Gasteiger partial charge is 0.319 e. The van der Waals surface area contributed by atoms with Crippen molar-refractivity contribution in [2.75, 3.05) is 5.32 Å². The first-order valence-corrected chi connectivity index (χ1v) is 6.64. The molecule has 1 amide bonds. The van der Waals surface area contributed by atoms with Crippen molar-refractivity contribution in [1.29, 1.82) is 0 Å². The Morgan fingerprint density at radius 2 is 1.89 bits per heavy atom. The lowest BCUT2D eigenvalue weighted by molar-refractivity contribution is 0.102. The SMILES string of the molecule is O=C(Nc1cc(F)ccc1F)c1ccc(Cl)c(I)c1. The van der Waals surface area contributed by atoms with Crippen molar-refractivity contribution in [2.24, 2.45) is 0 Å². The number of anilines is 1. The molecule has 0 radical (unpaired) electrons. The van der Waals surface area contributed by atoms with Gasteiger partial charge in [0.25, 0.3) is 5.91 Å². The Balaban J connectivity index is 2.25. The highest BCUT2D eigenvalue weighted by Gasteiger charge is 2.11. The van der Waals surface area contributed by atoms with Crippen LogP contribution >= 0.6 is 34.2 Å². The van der Waals surface area contributed by atoms with Gasteiger partial charge >= 0.3 is 0 Å². The molecule has 19 heavy (non-hydrogen) atoms. The second-order valence-corrected chi connectivity index (χ2v) is 5.28. The second-order valence-electron chi connectivity index (χ2n) is 3.71. The van der Waals surface area contributed by atoms with E-state index in [-0.39, 0.29) is 5.69 Å². The number of nitrogens with one attached hydrogen (secondary N) is 1. The molecule has 2 rings (SSSR count). The monoisotopic (exact) mass is 393 g/mol. The average molecular weight is 394 g/mol. The van der Waals surface area contributed by atoms with Crippen LogP contribution in [0.3, 0.4) is 0 Å². The molecule has 0 heterocycles. The highest BCUT2D eigenvalue weighted by atomic mass is 127. The highest BCUT2D eigenvalue weighted by Crippen LogP contribution is 2.21. The Morgan fingerprint density at radius 1 is 1.16 bits per heavy atom. The third-order valence-corrected chi connectivity index (χ3v) is 3.90. The fraction of sp³-hybridized carbons (Fsp3) is 0. The molecular formula is C13H7ClF2INO. The lowest BCUT2D eigenvalue weighted by Gasteiger charge is -2.07. The zero-order chi connectivity index (χ0) is 14.0. The quantitative estimate of drug-likeness (QED) is 0.749. The van der Waals surface area contributed by atoms with Gasteiger partial charge in [-0.3, -0.25) is 4.79 Å². The van der Waals surface area contributed by atoms with E-state index in [4.69, 9.17) is 11.6 Å². The molecule has 98 valence electrons. The van der Waals surface area contributed by atoms with Crippen molar-refractivity contribution >= 4 is 45.8 Å². The average Bonchev–Trinajstić information content (AvgIpc) is 2.37. The zero-order valence-corrected chi connectivity index (χ0v) is 12.3. The summed E-state index contributed by atoms with van der Waals surface area (Å²) in [7, 11) is 0. The fourth-order valence-electron chi connectivity index (χ4n) is 1.43. The van der Waals surface area contributed by atoms with Gasteiger partial charge in [-0.2, -0.15) is 0 Å². The van der Waals surface area contributed by atoms with Crippen LogP contribution in [-0.4, -0.2) is 5.91 Å². The van der Waals surface area contributed by atoms with Gasteiger partial charge in [0.15, 0.2) is 0 Å². The molecule has 1 N–H and O–H groups in total. The van der Waals surface area contributed by atoms with E-state index >= 15 is 0 Å². The van der Waals surface area contributed by atoms with Crippen molar-refractivity contribution in [3.8, 4) is 0 Å². The van der Waals surface area contributed by atoms with Crippen molar-refractivity contribution in [2.45, 2.75) is 0 Å². The summed E-state index contributed by atoms with van der Waals surface area (Å²) < 4.78 is 27.1. The number of hydrogen-bond acceptors (Lipinski definition) is 1. The first-order chi connectivity index (χ1) is 8.97. The second kappa shape index (κ2) is 5.83. The fourth-order valence-corrected chi connectivity index (χ4v) is 2.06. The first kappa shape index (κ1) is 14.2. The van der Waals surface area contributed by atoms with Crippen molar-refractivity contribution in [3.05, 3.63) is 62.2 Å². The van der Waals surface area contributed by atoms with E-state index in [1.165, 1.54) is 6.07 Å². The smallest absolute Gasteiger partial charge is 0.255 e. The van der Waals surface area contributed by atoms with Crippen LogP contribution < -0.4 is 5.32 Å². The number of carbonyl (C=O) groups excluding carboxylic acids is 1. The van der Waals surface area contributed by atoms with Gasteiger partial charge in [0.05, 0.1) is 10.7 Å². The van der Waals surface area contributed by atoms with Gasteiger partial charge in [-0.15, -0.1) is 0 Å². The summed E-state index contributed by atoms with van der Waals surface area (Å²) in [5.41, 5.74) is 0.118. The third kappa shape index (κ3) is 3.42. The molecule has 0 saturated heterocycles. The van der Waals surface area contributed by atoms with Gasteiger partial charge in [-0.1, -0.05) is 11.6 Å².